The first-order valence-electron chi connectivity index (χ1n) is 10.4. The molecule has 1 unspecified atom stereocenters. The summed E-state index contributed by atoms with van der Waals surface area (Å²) in [6.45, 7) is 4.40. The fourth-order valence-electron chi connectivity index (χ4n) is 3.90. The monoisotopic (exact) mass is 446 g/mol. The van der Waals surface area contributed by atoms with E-state index in [1.807, 2.05) is 30.3 Å². The summed E-state index contributed by atoms with van der Waals surface area (Å²) in [5.41, 5.74) is 3.20. The van der Waals surface area contributed by atoms with Gasteiger partial charge >= 0.3 is 0 Å². The Hall–Kier alpha value is -3.44. The van der Waals surface area contributed by atoms with Gasteiger partial charge < -0.3 is 10.0 Å². The Bertz CT molecular complexity index is 1170. The molecule has 1 atom stereocenters. The number of aliphatic hydroxyl groups is 1. The highest BCUT2D eigenvalue weighted by molar-refractivity contribution is 6.46. The summed E-state index contributed by atoms with van der Waals surface area (Å²) in [5, 5.41) is 11.6. The Kier molecular flexibility index (Phi) is 6.10. The van der Waals surface area contributed by atoms with Crippen LogP contribution in [-0.2, 0) is 16.1 Å². The Morgan fingerprint density at radius 3 is 2.34 bits per heavy atom. The highest BCUT2D eigenvalue weighted by Crippen LogP contribution is 2.40. The first-order chi connectivity index (χ1) is 15.4. The van der Waals surface area contributed by atoms with E-state index in [0.717, 1.165) is 16.7 Å². The molecule has 1 fully saturated rings. The van der Waals surface area contributed by atoms with Crippen LogP contribution in [0, 0.1) is 0 Å². The summed E-state index contributed by atoms with van der Waals surface area (Å²) in [6, 6.07) is 17.3. The fourth-order valence-corrected chi connectivity index (χ4v) is 4.03. The number of amides is 1. The van der Waals surface area contributed by atoms with Crippen LogP contribution in [0.1, 0.15) is 48.1 Å². The van der Waals surface area contributed by atoms with Crippen LogP contribution in [0.15, 0.2) is 78.6 Å². The predicted molar refractivity (Wildman–Crippen MR) is 124 cm³/mol. The summed E-state index contributed by atoms with van der Waals surface area (Å²) in [4.78, 5) is 31.8. The molecule has 0 radical (unpaired) electrons. The Balaban J connectivity index is 1.84. The predicted octanol–water partition coefficient (Wildman–Crippen LogP) is 5.48. The maximum atomic E-state index is 13.1. The van der Waals surface area contributed by atoms with Gasteiger partial charge in [0.05, 0.1) is 11.6 Å². The Morgan fingerprint density at radius 2 is 1.75 bits per heavy atom. The number of nitrogens with zero attached hydrogens (tertiary/aromatic N) is 2. The average Bonchev–Trinajstić information content (AvgIpc) is 3.05. The Morgan fingerprint density at radius 1 is 1.06 bits per heavy atom. The number of rotatable bonds is 5. The molecule has 1 aliphatic rings. The molecule has 162 valence electrons. The number of aliphatic hydroxyl groups excluding tert-OH is 1. The van der Waals surface area contributed by atoms with Crippen molar-refractivity contribution in [3.8, 4) is 0 Å². The minimum Gasteiger partial charge on any atom is -0.507 e. The van der Waals surface area contributed by atoms with Crippen LogP contribution in [0.3, 0.4) is 0 Å². The summed E-state index contributed by atoms with van der Waals surface area (Å²) in [7, 11) is 0. The van der Waals surface area contributed by atoms with Gasteiger partial charge in [-0.2, -0.15) is 0 Å². The Labute approximate surface area is 192 Å². The van der Waals surface area contributed by atoms with Crippen molar-refractivity contribution in [3.63, 3.8) is 0 Å². The molecule has 0 bridgehead atoms. The van der Waals surface area contributed by atoms with Gasteiger partial charge in [0.1, 0.15) is 5.76 Å². The number of pyridine rings is 1. The van der Waals surface area contributed by atoms with Gasteiger partial charge in [-0.05, 0) is 52.9 Å². The number of Topliss-reactive ketones (excluding diaryl/α,β-unsaturated/α-hetero) is 1. The van der Waals surface area contributed by atoms with E-state index in [-0.39, 0.29) is 17.9 Å². The van der Waals surface area contributed by atoms with Crippen LogP contribution in [0.5, 0.6) is 0 Å². The van der Waals surface area contributed by atoms with Gasteiger partial charge in [-0.25, -0.2) is 0 Å². The smallest absolute Gasteiger partial charge is 0.295 e. The van der Waals surface area contributed by atoms with E-state index < -0.39 is 17.7 Å². The highest BCUT2D eigenvalue weighted by Gasteiger charge is 2.46. The zero-order chi connectivity index (χ0) is 22.8. The lowest BCUT2D eigenvalue weighted by Crippen LogP contribution is -2.29. The molecule has 3 aromatic rings. The van der Waals surface area contributed by atoms with Crippen molar-refractivity contribution in [2.45, 2.75) is 32.4 Å². The molecule has 2 aromatic carbocycles. The number of halogens is 1. The maximum absolute atomic E-state index is 13.1. The van der Waals surface area contributed by atoms with Crippen molar-refractivity contribution < 1.29 is 14.7 Å². The van der Waals surface area contributed by atoms with Gasteiger partial charge in [-0.1, -0.05) is 55.8 Å². The third kappa shape index (κ3) is 4.16. The second-order valence-corrected chi connectivity index (χ2v) is 8.55. The van der Waals surface area contributed by atoms with Crippen molar-refractivity contribution >= 4 is 29.1 Å². The zero-order valence-corrected chi connectivity index (χ0v) is 18.6. The molecule has 2 heterocycles. The van der Waals surface area contributed by atoms with E-state index >= 15 is 0 Å². The number of benzene rings is 2. The van der Waals surface area contributed by atoms with Gasteiger partial charge in [-0.15, -0.1) is 0 Å². The van der Waals surface area contributed by atoms with Gasteiger partial charge in [0.15, 0.2) is 0 Å². The molecule has 0 saturated carbocycles. The standard InChI is InChI=1S/C26H23ClN2O3/c1-16(2)18-5-7-19(8-6-18)23-22(24(30)20-9-11-21(27)12-10-20)25(31)26(32)29(23)15-17-4-3-13-28-14-17/h3-14,16,23,30H,15H2,1-2H3. The molecule has 0 aliphatic carbocycles. The molecule has 4 rings (SSSR count). The quantitative estimate of drug-likeness (QED) is 0.320. The first kappa shape index (κ1) is 21.8. The topological polar surface area (TPSA) is 70.5 Å². The van der Waals surface area contributed by atoms with E-state index in [1.54, 1.807) is 42.7 Å². The molecule has 32 heavy (non-hydrogen) atoms. The van der Waals surface area contributed by atoms with Crippen LogP contribution in [0.25, 0.3) is 5.76 Å². The molecule has 1 saturated heterocycles. The molecule has 6 heteroatoms. The molecule has 1 amide bonds. The van der Waals surface area contributed by atoms with Crippen LogP contribution >= 0.6 is 11.6 Å². The highest BCUT2D eigenvalue weighted by atomic mass is 35.5. The van der Waals surface area contributed by atoms with E-state index in [9.17, 15) is 14.7 Å². The second kappa shape index (κ2) is 8.97. The summed E-state index contributed by atoms with van der Waals surface area (Å²) in [6.07, 6.45) is 3.32. The number of ketones is 1. The third-order valence-electron chi connectivity index (χ3n) is 5.65. The molecular weight excluding hydrogens is 424 g/mol. The van der Waals surface area contributed by atoms with Gasteiger partial charge in [0, 0.05) is 29.5 Å². The van der Waals surface area contributed by atoms with Crippen LogP contribution in [0.2, 0.25) is 5.02 Å². The largest absolute Gasteiger partial charge is 0.507 e. The number of hydrogen-bond acceptors (Lipinski definition) is 4. The van der Waals surface area contributed by atoms with Gasteiger partial charge in [0.2, 0.25) is 0 Å². The average molecular weight is 447 g/mol. The maximum Gasteiger partial charge on any atom is 0.295 e. The van der Waals surface area contributed by atoms with E-state index in [0.29, 0.717) is 16.5 Å². The summed E-state index contributed by atoms with van der Waals surface area (Å²) < 4.78 is 0. The second-order valence-electron chi connectivity index (χ2n) is 8.12. The summed E-state index contributed by atoms with van der Waals surface area (Å²) >= 11 is 5.97. The van der Waals surface area contributed by atoms with Crippen molar-refractivity contribution in [1.82, 2.24) is 9.88 Å². The van der Waals surface area contributed by atoms with Crippen molar-refractivity contribution in [2.24, 2.45) is 0 Å². The SMILES string of the molecule is CC(C)c1ccc(C2C(=C(O)c3ccc(Cl)cc3)C(=O)C(=O)N2Cc2cccnc2)cc1. The lowest BCUT2D eigenvalue weighted by atomic mass is 9.93. The lowest BCUT2D eigenvalue weighted by Gasteiger charge is -2.25. The van der Waals surface area contributed by atoms with E-state index in [4.69, 9.17) is 11.6 Å². The van der Waals surface area contributed by atoms with E-state index in [1.165, 1.54) is 4.90 Å². The van der Waals surface area contributed by atoms with Crippen LogP contribution < -0.4 is 0 Å². The number of carbonyl (C=O) groups excluding carboxylic acids is 2. The lowest BCUT2D eigenvalue weighted by molar-refractivity contribution is -0.140. The van der Waals surface area contributed by atoms with Crippen molar-refractivity contribution in [2.75, 3.05) is 0 Å². The summed E-state index contributed by atoms with van der Waals surface area (Å²) in [5.74, 6) is -1.23. The minimum atomic E-state index is -0.716. The third-order valence-corrected chi connectivity index (χ3v) is 5.90. The molecule has 1 aliphatic heterocycles. The molecular formula is C26H23ClN2O3. The van der Waals surface area contributed by atoms with Crippen molar-refractivity contribution in [1.29, 1.82) is 0 Å². The number of carbonyl (C=O) groups is 2. The first-order valence-corrected chi connectivity index (χ1v) is 10.8. The number of hydrogen-bond donors (Lipinski definition) is 1. The van der Waals surface area contributed by atoms with Gasteiger partial charge in [0.25, 0.3) is 11.7 Å². The molecule has 1 aromatic heterocycles. The van der Waals surface area contributed by atoms with Crippen LogP contribution in [0.4, 0.5) is 0 Å². The number of likely N-dealkylation sites (tertiary alicyclic amines) is 1. The van der Waals surface area contributed by atoms with E-state index in [2.05, 4.69) is 18.8 Å². The minimum absolute atomic E-state index is 0.0681. The van der Waals surface area contributed by atoms with Crippen LogP contribution in [-0.4, -0.2) is 26.7 Å². The molecule has 5 nitrogen and oxygen atoms in total. The fraction of sp³-hybridized carbons (Fsp3) is 0.192. The molecule has 1 N–H and O–H groups in total. The van der Waals surface area contributed by atoms with Crippen molar-refractivity contribution in [3.05, 3.63) is 106 Å². The van der Waals surface area contributed by atoms with Gasteiger partial charge in [-0.3, -0.25) is 14.6 Å². The molecule has 0 spiro atoms. The normalized spacial score (nSPS) is 17.9. The number of aromatic nitrogens is 1. The zero-order valence-electron chi connectivity index (χ0n) is 17.8.